The number of nitrogens with two attached hydrogens (primary N) is 1. The molecule has 1 aliphatic heterocycles. The van der Waals surface area contributed by atoms with Gasteiger partial charge in [-0.25, -0.2) is 0 Å². The minimum Gasteiger partial charge on any atom is -0.325 e. The van der Waals surface area contributed by atoms with Crippen molar-refractivity contribution in [2.75, 3.05) is 19.6 Å². The highest BCUT2D eigenvalue weighted by atomic mass is 15.2. The summed E-state index contributed by atoms with van der Waals surface area (Å²) in [6, 6.07) is 2.74. The Hall–Kier alpha value is -0.590. The predicted molar refractivity (Wildman–Crippen MR) is 57.7 cm³/mol. The zero-order chi connectivity index (χ0) is 10.6. The molecule has 80 valence electrons. The maximum Gasteiger partial charge on any atom is 0.0683 e. The van der Waals surface area contributed by atoms with Crippen LogP contribution in [0.25, 0.3) is 0 Å². The molecule has 0 unspecified atom stereocenters. The lowest BCUT2D eigenvalue weighted by molar-refractivity contribution is 0.146. The summed E-state index contributed by atoms with van der Waals surface area (Å²) in [4.78, 5) is 2.38. The van der Waals surface area contributed by atoms with Gasteiger partial charge in [0, 0.05) is 19.1 Å². The van der Waals surface area contributed by atoms with Gasteiger partial charge in [-0.05, 0) is 33.2 Å². The second-order valence-corrected chi connectivity index (χ2v) is 4.97. The van der Waals surface area contributed by atoms with Crippen molar-refractivity contribution in [3.05, 3.63) is 0 Å². The number of likely N-dealkylation sites (tertiary alicyclic amines) is 1. The van der Waals surface area contributed by atoms with Crippen LogP contribution in [0.4, 0.5) is 0 Å². The van der Waals surface area contributed by atoms with Gasteiger partial charge < -0.3 is 10.6 Å². The molecule has 2 N–H and O–H groups in total. The van der Waals surface area contributed by atoms with Crippen molar-refractivity contribution in [3.8, 4) is 6.07 Å². The molecule has 14 heavy (non-hydrogen) atoms. The van der Waals surface area contributed by atoms with Crippen LogP contribution in [-0.4, -0.2) is 30.6 Å². The van der Waals surface area contributed by atoms with E-state index in [2.05, 4.69) is 11.0 Å². The fraction of sp³-hybridized carbons (Fsp3) is 0.909. The van der Waals surface area contributed by atoms with Crippen LogP contribution in [0.2, 0.25) is 0 Å². The standard InChI is InChI=1S/C11H21N3/c1-11(2,9-12)5-3-4-6-14-7-10(13)8-14/h10H,3-8,13H2,1-2H3. The van der Waals surface area contributed by atoms with E-state index in [4.69, 9.17) is 11.0 Å². The molecule has 0 radical (unpaired) electrons. The zero-order valence-electron chi connectivity index (χ0n) is 9.29. The summed E-state index contributed by atoms with van der Waals surface area (Å²) >= 11 is 0. The van der Waals surface area contributed by atoms with Crippen molar-refractivity contribution >= 4 is 0 Å². The minimum atomic E-state index is -0.147. The van der Waals surface area contributed by atoms with E-state index in [9.17, 15) is 0 Å². The van der Waals surface area contributed by atoms with Crippen molar-refractivity contribution in [3.63, 3.8) is 0 Å². The Bertz CT molecular complexity index is 211. The van der Waals surface area contributed by atoms with Gasteiger partial charge in [-0.1, -0.05) is 6.42 Å². The summed E-state index contributed by atoms with van der Waals surface area (Å²) in [5.74, 6) is 0. The molecule has 0 saturated carbocycles. The Labute approximate surface area is 86.9 Å². The van der Waals surface area contributed by atoms with Crippen molar-refractivity contribution in [1.82, 2.24) is 4.90 Å². The average Bonchev–Trinajstić information content (AvgIpc) is 2.09. The first-order valence-electron chi connectivity index (χ1n) is 5.43. The van der Waals surface area contributed by atoms with Crippen molar-refractivity contribution in [2.45, 2.75) is 39.2 Å². The largest absolute Gasteiger partial charge is 0.325 e. The maximum absolute atomic E-state index is 8.82. The molecule has 1 fully saturated rings. The topological polar surface area (TPSA) is 53.0 Å². The molecular weight excluding hydrogens is 174 g/mol. The third-order valence-corrected chi connectivity index (χ3v) is 2.81. The Kier molecular flexibility index (Phi) is 3.91. The van der Waals surface area contributed by atoms with Gasteiger partial charge >= 0.3 is 0 Å². The molecule has 0 aromatic carbocycles. The third-order valence-electron chi connectivity index (χ3n) is 2.81. The molecule has 0 bridgehead atoms. The molecule has 0 aromatic heterocycles. The number of nitrogens with zero attached hydrogens (tertiary/aromatic N) is 2. The maximum atomic E-state index is 8.82. The summed E-state index contributed by atoms with van der Waals surface area (Å²) < 4.78 is 0. The molecule has 3 heteroatoms. The quantitative estimate of drug-likeness (QED) is 0.674. The number of unbranched alkanes of at least 4 members (excludes halogenated alkanes) is 1. The highest BCUT2D eigenvalue weighted by Gasteiger charge is 2.22. The van der Waals surface area contributed by atoms with Gasteiger partial charge in [0.1, 0.15) is 0 Å². The minimum absolute atomic E-state index is 0.147. The van der Waals surface area contributed by atoms with Crippen LogP contribution in [0.1, 0.15) is 33.1 Å². The van der Waals surface area contributed by atoms with Crippen LogP contribution in [-0.2, 0) is 0 Å². The van der Waals surface area contributed by atoms with Crippen LogP contribution in [0.5, 0.6) is 0 Å². The molecule has 1 heterocycles. The molecule has 1 saturated heterocycles. The zero-order valence-corrected chi connectivity index (χ0v) is 9.29. The molecule has 3 nitrogen and oxygen atoms in total. The van der Waals surface area contributed by atoms with E-state index < -0.39 is 0 Å². The summed E-state index contributed by atoms with van der Waals surface area (Å²) in [6.45, 7) is 7.28. The van der Waals surface area contributed by atoms with Crippen LogP contribution in [0.3, 0.4) is 0 Å². The van der Waals surface area contributed by atoms with E-state index in [1.54, 1.807) is 0 Å². The number of nitriles is 1. The SMILES string of the molecule is CC(C)(C#N)CCCCN1CC(N)C1. The monoisotopic (exact) mass is 195 g/mol. The first-order valence-corrected chi connectivity index (χ1v) is 5.43. The van der Waals surface area contributed by atoms with Gasteiger partial charge in [0.05, 0.1) is 11.5 Å². The summed E-state index contributed by atoms with van der Waals surface area (Å²) in [7, 11) is 0. The van der Waals surface area contributed by atoms with E-state index >= 15 is 0 Å². The summed E-state index contributed by atoms with van der Waals surface area (Å²) in [5.41, 5.74) is 5.53. The molecule has 0 spiro atoms. The van der Waals surface area contributed by atoms with E-state index in [1.165, 1.54) is 6.42 Å². The molecule has 0 atom stereocenters. The van der Waals surface area contributed by atoms with Gasteiger partial charge in [-0.15, -0.1) is 0 Å². The molecule has 1 rings (SSSR count). The van der Waals surface area contributed by atoms with E-state index in [0.29, 0.717) is 6.04 Å². The summed E-state index contributed by atoms with van der Waals surface area (Å²) in [5, 5.41) is 8.82. The number of rotatable bonds is 5. The van der Waals surface area contributed by atoms with Crippen LogP contribution in [0, 0.1) is 16.7 Å². The Morgan fingerprint density at radius 1 is 1.43 bits per heavy atom. The molecule has 0 aliphatic carbocycles. The van der Waals surface area contributed by atoms with Gasteiger partial charge in [0.2, 0.25) is 0 Å². The lowest BCUT2D eigenvalue weighted by Gasteiger charge is -2.36. The molecule has 1 aliphatic rings. The fourth-order valence-electron chi connectivity index (χ4n) is 1.75. The predicted octanol–water partition coefficient (Wildman–Crippen LogP) is 1.35. The highest BCUT2D eigenvalue weighted by molar-refractivity contribution is 4.91. The average molecular weight is 195 g/mol. The molecular formula is C11H21N3. The van der Waals surface area contributed by atoms with E-state index in [-0.39, 0.29) is 5.41 Å². The normalized spacial score (nSPS) is 19.0. The first kappa shape index (κ1) is 11.5. The number of hydrogen-bond donors (Lipinski definition) is 1. The van der Waals surface area contributed by atoms with Gasteiger partial charge in [-0.3, -0.25) is 0 Å². The van der Waals surface area contributed by atoms with E-state index in [0.717, 1.165) is 32.5 Å². The van der Waals surface area contributed by atoms with Crippen molar-refractivity contribution in [2.24, 2.45) is 11.1 Å². The smallest absolute Gasteiger partial charge is 0.0683 e. The Balaban J connectivity index is 1.98. The first-order chi connectivity index (χ1) is 6.53. The van der Waals surface area contributed by atoms with Crippen molar-refractivity contribution < 1.29 is 0 Å². The van der Waals surface area contributed by atoms with Crippen LogP contribution in [0.15, 0.2) is 0 Å². The van der Waals surface area contributed by atoms with Gasteiger partial charge in [0.15, 0.2) is 0 Å². The Morgan fingerprint density at radius 2 is 2.07 bits per heavy atom. The van der Waals surface area contributed by atoms with Crippen LogP contribution >= 0.6 is 0 Å². The molecule has 0 amide bonds. The summed E-state index contributed by atoms with van der Waals surface area (Å²) in [6.07, 6.45) is 3.34. The highest BCUT2D eigenvalue weighted by Crippen LogP contribution is 2.21. The lowest BCUT2D eigenvalue weighted by Crippen LogP contribution is -2.55. The van der Waals surface area contributed by atoms with Gasteiger partial charge in [-0.2, -0.15) is 5.26 Å². The Morgan fingerprint density at radius 3 is 2.57 bits per heavy atom. The van der Waals surface area contributed by atoms with Crippen LogP contribution < -0.4 is 5.73 Å². The second-order valence-electron chi connectivity index (χ2n) is 4.97. The second kappa shape index (κ2) is 4.77. The van der Waals surface area contributed by atoms with E-state index in [1.807, 2.05) is 13.8 Å². The van der Waals surface area contributed by atoms with Crippen molar-refractivity contribution in [1.29, 1.82) is 5.26 Å². The number of hydrogen-bond acceptors (Lipinski definition) is 3. The fourth-order valence-corrected chi connectivity index (χ4v) is 1.75. The third kappa shape index (κ3) is 3.65. The molecule has 0 aromatic rings. The van der Waals surface area contributed by atoms with Gasteiger partial charge in [0.25, 0.3) is 0 Å². The lowest BCUT2D eigenvalue weighted by atomic mass is 9.89.